The third-order valence-electron chi connectivity index (χ3n) is 5.77. The Bertz CT molecular complexity index is 1190. The maximum Gasteiger partial charge on any atom is 0.428 e. The molecule has 4 rings (SSSR count). The highest BCUT2D eigenvalue weighted by Crippen LogP contribution is 2.48. The lowest BCUT2D eigenvalue weighted by Crippen LogP contribution is -2.44. The Morgan fingerprint density at radius 1 is 1.11 bits per heavy atom. The van der Waals surface area contributed by atoms with Gasteiger partial charge in [-0.15, -0.1) is 0 Å². The van der Waals surface area contributed by atoms with E-state index in [1.165, 1.54) is 12.1 Å². The Balaban J connectivity index is 1.61. The van der Waals surface area contributed by atoms with Gasteiger partial charge in [-0.05, 0) is 36.4 Å². The average Bonchev–Trinajstić information content (AvgIpc) is 3.21. The van der Waals surface area contributed by atoms with Gasteiger partial charge >= 0.3 is 6.18 Å². The Labute approximate surface area is 204 Å². The minimum absolute atomic E-state index is 0.0660. The van der Waals surface area contributed by atoms with E-state index >= 15 is 0 Å². The molecule has 2 aromatic carbocycles. The number of nitrogens with one attached hydrogen (secondary N) is 2. The van der Waals surface area contributed by atoms with Crippen LogP contribution >= 0.6 is 23.2 Å². The molecule has 1 aliphatic heterocycles. The van der Waals surface area contributed by atoms with Gasteiger partial charge in [-0.2, -0.15) is 13.2 Å². The molecule has 2 aromatic rings. The summed E-state index contributed by atoms with van der Waals surface area (Å²) in [6.07, 6.45) is -5.59. The topological polar surface area (TPSA) is 50.4 Å². The fourth-order valence-electron chi connectivity index (χ4n) is 3.81. The van der Waals surface area contributed by atoms with E-state index in [4.69, 9.17) is 28.0 Å². The number of benzene rings is 2. The van der Waals surface area contributed by atoms with Crippen molar-refractivity contribution in [3.63, 3.8) is 0 Å². The summed E-state index contributed by atoms with van der Waals surface area (Å²) >= 11 is 11.3. The lowest BCUT2D eigenvalue weighted by atomic mass is 9.81. The smallest absolute Gasteiger partial charge is 0.352 e. The summed E-state index contributed by atoms with van der Waals surface area (Å²) in [7, 11) is 0. The van der Waals surface area contributed by atoms with E-state index in [-0.39, 0.29) is 23.4 Å². The van der Waals surface area contributed by atoms with Crippen LogP contribution in [0.2, 0.25) is 10.0 Å². The number of amides is 1. The van der Waals surface area contributed by atoms with E-state index in [1.54, 1.807) is 0 Å². The normalized spacial score (nSPS) is 21.8. The molecule has 0 aromatic heterocycles. The molecule has 1 fully saturated rings. The van der Waals surface area contributed by atoms with Crippen molar-refractivity contribution in [2.75, 3.05) is 0 Å². The zero-order valence-corrected chi connectivity index (χ0v) is 18.9. The molecule has 1 aliphatic carbocycles. The van der Waals surface area contributed by atoms with Crippen LogP contribution in [0.15, 0.2) is 36.4 Å². The van der Waals surface area contributed by atoms with Gasteiger partial charge in [0.1, 0.15) is 5.82 Å². The molecule has 1 saturated carbocycles. The Hall–Kier alpha value is -2.50. The number of rotatable bonds is 5. The van der Waals surface area contributed by atoms with Crippen molar-refractivity contribution < 1.29 is 40.4 Å². The predicted octanol–water partition coefficient (Wildman–Crippen LogP) is 6.27. The van der Waals surface area contributed by atoms with Gasteiger partial charge in [0, 0.05) is 42.0 Å². The highest BCUT2D eigenvalue weighted by Gasteiger charge is 2.60. The van der Waals surface area contributed by atoms with Gasteiger partial charge in [0.25, 0.3) is 0 Å². The lowest BCUT2D eigenvalue weighted by molar-refractivity contribution is -0.269. The van der Waals surface area contributed by atoms with E-state index in [9.17, 15) is 35.5 Å². The van der Waals surface area contributed by atoms with Crippen LogP contribution in [0, 0.1) is 17.6 Å². The Morgan fingerprint density at radius 3 is 2.31 bits per heavy atom. The number of carbonyl (C=O) groups excluding carboxylic acids is 1. The molecular weight excluding hydrogens is 528 g/mol. The Morgan fingerprint density at radius 2 is 1.74 bits per heavy atom. The Kier molecular flexibility index (Phi) is 6.48. The first-order valence-electron chi connectivity index (χ1n) is 10.1. The summed E-state index contributed by atoms with van der Waals surface area (Å²) in [6, 6.07) is 4.77. The summed E-state index contributed by atoms with van der Waals surface area (Å²) in [6.45, 7) is -0.373. The van der Waals surface area contributed by atoms with Crippen molar-refractivity contribution in [3.8, 4) is 0 Å². The summed E-state index contributed by atoms with van der Waals surface area (Å²) in [5, 5.41) is 1.06. The van der Waals surface area contributed by atoms with Gasteiger partial charge in [-0.1, -0.05) is 23.2 Å². The monoisotopic (exact) mass is 542 g/mol. The van der Waals surface area contributed by atoms with Crippen LogP contribution in [0.3, 0.4) is 0 Å². The van der Waals surface area contributed by atoms with Crippen molar-refractivity contribution in [3.05, 3.63) is 74.8 Å². The second kappa shape index (κ2) is 8.86. The van der Waals surface area contributed by atoms with Crippen LogP contribution in [-0.2, 0) is 21.8 Å². The minimum atomic E-state index is -5.05. The van der Waals surface area contributed by atoms with Gasteiger partial charge < -0.3 is 5.32 Å². The van der Waals surface area contributed by atoms with Crippen molar-refractivity contribution in [1.29, 1.82) is 0 Å². The van der Waals surface area contributed by atoms with Gasteiger partial charge in [0.05, 0.1) is 15.7 Å². The standard InChI is InChI=1S/C22H15Cl2F7N2O2/c23-14-4-13(5-15(24)18(14)26)21(22(29,30)31)8-17(33-35-21)10-1-2-16(25)11(3-10)9-32-19(34)12-6-20(27,28)7-12/h1-5,8,12,33H,6-7,9H2,(H,32,34). The molecule has 4 nitrogen and oxygen atoms in total. The van der Waals surface area contributed by atoms with E-state index in [1.807, 2.05) is 0 Å². The first-order chi connectivity index (χ1) is 16.2. The van der Waals surface area contributed by atoms with Gasteiger partial charge in [-0.25, -0.2) is 17.6 Å². The van der Waals surface area contributed by atoms with E-state index in [0.717, 1.165) is 18.2 Å². The first kappa shape index (κ1) is 25.6. The number of carbonyl (C=O) groups is 1. The van der Waals surface area contributed by atoms with Crippen LogP contribution in [0.25, 0.3) is 5.70 Å². The highest BCUT2D eigenvalue weighted by atomic mass is 35.5. The molecule has 35 heavy (non-hydrogen) atoms. The highest BCUT2D eigenvalue weighted by molar-refractivity contribution is 6.35. The van der Waals surface area contributed by atoms with Crippen LogP contribution in [0.4, 0.5) is 30.7 Å². The molecule has 1 heterocycles. The summed E-state index contributed by atoms with van der Waals surface area (Å²) in [5.41, 5.74) is -1.78. The third-order valence-corrected chi connectivity index (χ3v) is 6.32. The van der Waals surface area contributed by atoms with Crippen molar-refractivity contribution in [2.24, 2.45) is 5.92 Å². The molecule has 0 radical (unpaired) electrons. The molecule has 1 atom stereocenters. The number of halogens is 9. The summed E-state index contributed by atoms with van der Waals surface area (Å²) in [4.78, 5) is 16.9. The molecule has 2 aliphatic rings. The maximum absolute atomic E-state index is 14.3. The molecule has 2 N–H and O–H groups in total. The first-order valence-corrected chi connectivity index (χ1v) is 10.8. The molecule has 1 amide bonds. The lowest BCUT2D eigenvalue weighted by Gasteiger charge is -2.33. The zero-order chi connectivity index (χ0) is 25.8. The number of hydrogen-bond donors (Lipinski definition) is 2. The van der Waals surface area contributed by atoms with E-state index in [2.05, 4.69) is 10.8 Å². The minimum Gasteiger partial charge on any atom is -0.352 e. The molecule has 13 heteroatoms. The molecule has 0 saturated heterocycles. The zero-order valence-electron chi connectivity index (χ0n) is 17.4. The molecule has 188 valence electrons. The molecular formula is C22H15Cl2F7N2O2. The van der Waals surface area contributed by atoms with Crippen LogP contribution in [-0.4, -0.2) is 18.0 Å². The van der Waals surface area contributed by atoms with Crippen LogP contribution < -0.4 is 10.8 Å². The van der Waals surface area contributed by atoms with E-state index < -0.39 is 69.6 Å². The number of hydroxylamine groups is 1. The quantitative estimate of drug-likeness (QED) is 0.346. The predicted molar refractivity (Wildman–Crippen MR) is 112 cm³/mol. The largest absolute Gasteiger partial charge is 0.428 e. The molecule has 0 spiro atoms. The average molecular weight is 543 g/mol. The summed E-state index contributed by atoms with van der Waals surface area (Å²) in [5.74, 6) is -6.35. The van der Waals surface area contributed by atoms with Crippen molar-refractivity contribution >= 4 is 34.8 Å². The van der Waals surface area contributed by atoms with Gasteiger partial charge in [-0.3, -0.25) is 15.1 Å². The van der Waals surface area contributed by atoms with Gasteiger partial charge in [0.2, 0.25) is 17.4 Å². The fourth-order valence-corrected chi connectivity index (χ4v) is 4.29. The summed E-state index contributed by atoms with van der Waals surface area (Å²) < 4.78 is 96.3. The van der Waals surface area contributed by atoms with Crippen molar-refractivity contribution in [2.45, 2.75) is 37.1 Å². The van der Waals surface area contributed by atoms with Crippen LogP contribution in [0.1, 0.15) is 29.5 Å². The molecule has 0 bridgehead atoms. The number of hydrogen-bond acceptors (Lipinski definition) is 3. The van der Waals surface area contributed by atoms with Crippen molar-refractivity contribution in [1.82, 2.24) is 10.8 Å². The fraction of sp³-hybridized carbons (Fsp3) is 0.318. The van der Waals surface area contributed by atoms with E-state index in [0.29, 0.717) is 6.08 Å². The second-order valence-electron chi connectivity index (χ2n) is 8.23. The van der Waals surface area contributed by atoms with Crippen LogP contribution in [0.5, 0.6) is 0 Å². The van der Waals surface area contributed by atoms with Gasteiger partial charge in [0.15, 0.2) is 5.82 Å². The molecule has 1 unspecified atom stereocenters. The second-order valence-corrected chi connectivity index (χ2v) is 9.05. The SMILES string of the molecule is O=C(NCc1cc(C2=CC(c3cc(Cl)c(F)c(Cl)c3)(C(F)(F)F)ON2)ccc1F)C1CC(F)(F)C1. The maximum atomic E-state index is 14.3. The number of alkyl halides is 5. The third kappa shape index (κ3) is 4.81.